The van der Waals surface area contributed by atoms with Crippen LogP contribution in [-0.2, 0) is 0 Å². The van der Waals surface area contributed by atoms with Crippen LogP contribution in [0.4, 0.5) is 0 Å². The molecule has 4 nitrogen and oxygen atoms in total. The van der Waals surface area contributed by atoms with E-state index < -0.39 is 0 Å². The Kier molecular flexibility index (Phi) is 3.45. The van der Waals surface area contributed by atoms with E-state index in [4.69, 9.17) is 5.26 Å². The molecule has 17 heavy (non-hydrogen) atoms. The third kappa shape index (κ3) is 2.48. The Morgan fingerprint density at radius 1 is 1.41 bits per heavy atom. The maximum absolute atomic E-state index is 8.59. The van der Waals surface area contributed by atoms with Crippen LogP contribution in [0.2, 0.25) is 0 Å². The van der Waals surface area contributed by atoms with Gasteiger partial charge in [-0.2, -0.15) is 5.26 Å². The smallest absolute Gasteiger partial charge is 0.196 e. The van der Waals surface area contributed by atoms with Gasteiger partial charge in [-0.25, -0.2) is 0 Å². The number of thioether (sulfide) groups is 1. The average molecular weight is 244 g/mol. The van der Waals surface area contributed by atoms with Gasteiger partial charge in [0, 0.05) is 0 Å². The summed E-state index contributed by atoms with van der Waals surface area (Å²) in [4.78, 5) is 0. The standard InChI is InChI=1S/C12H12N4S/c1-9-3-4-11(10(2)7-9)16-8-14-15-12(16)17-6-5-13/h3-4,7-8H,6H2,1-2H3. The van der Waals surface area contributed by atoms with Crippen LogP contribution in [0.5, 0.6) is 0 Å². The lowest BCUT2D eigenvalue weighted by molar-refractivity contribution is 0.879. The summed E-state index contributed by atoms with van der Waals surface area (Å²) >= 11 is 1.39. The van der Waals surface area contributed by atoms with E-state index >= 15 is 0 Å². The first kappa shape index (κ1) is 11.7. The zero-order valence-electron chi connectivity index (χ0n) is 9.71. The molecule has 0 spiro atoms. The third-order valence-corrected chi connectivity index (χ3v) is 3.20. The molecular weight excluding hydrogens is 232 g/mol. The Morgan fingerprint density at radius 2 is 2.24 bits per heavy atom. The topological polar surface area (TPSA) is 54.5 Å². The number of hydrogen-bond acceptors (Lipinski definition) is 4. The van der Waals surface area contributed by atoms with E-state index in [1.165, 1.54) is 22.9 Å². The van der Waals surface area contributed by atoms with Gasteiger partial charge in [0.05, 0.1) is 17.5 Å². The molecule has 2 rings (SSSR count). The summed E-state index contributed by atoms with van der Waals surface area (Å²) in [6.07, 6.45) is 1.68. The molecule has 0 fully saturated rings. The molecule has 0 saturated carbocycles. The van der Waals surface area contributed by atoms with Gasteiger partial charge < -0.3 is 0 Å². The highest BCUT2D eigenvalue weighted by molar-refractivity contribution is 7.99. The van der Waals surface area contributed by atoms with Crippen molar-refractivity contribution in [2.45, 2.75) is 19.0 Å². The fraction of sp³-hybridized carbons (Fsp3) is 0.250. The highest BCUT2D eigenvalue weighted by atomic mass is 32.2. The molecule has 5 heteroatoms. The molecule has 0 aliphatic rings. The van der Waals surface area contributed by atoms with Crippen LogP contribution in [0.3, 0.4) is 0 Å². The summed E-state index contributed by atoms with van der Waals surface area (Å²) < 4.78 is 1.91. The summed E-state index contributed by atoms with van der Waals surface area (Å²) in [7, 11) is 0. The summed E-state index contributed by atoms with van der Waals surface area (Å²) in [5.41, 5.74) is 3.45. The fourth-order valence-corrected chi connectivity index (χ4v) is 2.24. The summed E-state index contributed by atoms with van der Waals surface area (Å²) in [5, 5.41) is 17.3. The van der Waals surface area contributed by atoms with Gasteiger partial charge in [0.25, 0.3) is 0 Å². The van der Waals surface area contributed by atoms with Gasteiger partial charge in [0.15, 0.2) is 5.16 Å². The van der Waals surface area contributed by atoms with Crippen LogP contribution in [0, 0.1) is 25.2 Å². The molecule has 1 heterocycles. The Bertz CT molecular complexity index is 568. The van der Waals surface area contributed by atoms with Crippen molar-refractivity contribution in [2.24, 2.45) is 0 Å². The maximum Gasteiger partial charge on any atom is 0.196 e. The number of aryl methyl sites for hydroxylation is 2. The van der Waals surface area contributed by atoms with Crippen molar-refractivity contribution in [3.8, 4) is 11.8 Å². The molecule has 0 radical (unpaired) electrons. The van der Waals surface area contributed by atoms with Gasteiger partial charge in [0.1, 0.15) is 6.33 Å². The molecule has 0 bridgehead atoms. The molecule has 0 N–H and O–H groups in total. The van der Waals surface area contributed by atoms with Crippen LogP contribution < -0.4 is 0 Å². The van der Waals surface area contributed by atoms with Crippen molar-refractivity contribution >= 4 is 11.8 Å². The summed E-state index contributed by atoms with van der Waals surface area (Å²) in [5.74, 6) is 0.379. The molecule has 86 valence electrons. The van der Waals surface area contributed by atoms with Crippen LogP contribution in [0.15, 0.2) is 29.7 Å². The molecule has 0 amide bonds. The van der Waals surface area contributed by atoms with Crippen molar-refractivity contribution in [1.82, 2.24) is 14.8 Å². The zero-order chi connectivity index (χ0) is 12.3. The first-order valence-electron chi connectivity index (χ1n) is 5.20. The molecule has 0 aliphatic carbocycles. The molecule has 2 aromatic rings. The minimum Gasteiger partial charge on any atom is -0.276 e. The first-order valence-corrected chi connectivity index (χ1v) is 6.18. The second kappa shape index (κ2) is 5.02. The Morgan fingerprint density at radius 3 is 2.94 bits per heavy atom. The normalized spacial score (nSPS) is 10.2. The zero-order valence-corrected chi connectivity index (χ0v) is 10.5. The van der Waals surface area contributed by atoms with Gasteiger partial charge in [0.2, 0.25) is 0 Å². The van der Waals surface area contributed by atoms with E-state index in [1.807, 2.05) is 10.6 Å². The summed E-state index contributed by atoms with van der Waals surface area (Å²) in [6.45, 7) is 4.12. The van der Waals surface area contributed by atoms with E-state index in [0.717, 1.165) is 10.8 Å². The van der Waals surface area contributed by atoms with E-state index in [9.17, 15) is 0 Å². The Balaban J connectivity index is 2.40. The largest absolute Gasteiger partial charge is 0.276 e. The lowest BCUT2D eigenvalue weighted by Gasteiger charge is -2.09. The highest BCUT2D eigenvalue weighted by Crippen LogP contribution is 2.22. The third-order valence-electron chi connectivity index (χ3n) is 2.39. The fourth-order valence-electron chi connectivity index (χ4n) is 1.66. The molecule has 1 aromatic heterocycles. The molecular formula is C12H12N4S. The van der Waals surface area contributed by atoms with Crippen molar-refractivity contribution in [2.75, 3.05) is 5.75 Å². The highest BCUT2D eigenvalue weighted by Gasteiger charge is 2.08. The average Bonchev–Trinajstić information content (AvgIpc) is 2.74. The molecule has 0 aliphatic heterocycles. The van der Waals surface area contributed by atoms with Crippen LogP contribution in [0.1, 0.15) is 11.1 Å². The number of aromatic nitrogens is 3. The second-order valence-corrected chi connectivity index (χ2v) is 4.66. The van der Waals surface area contributed by atoms with Crippen molar-refractivity contribution in [3.63, 3.8) is 0 Å². The van der Waals surface area contributed by atoms with Crippen molar-refractivity contribution < 1.29 is 0 Å². The van der Waals surface area contributed by atoms with Crippen LogP contribution in [0.25, 0.3) is 5.69 Å². The maximum atomic E-state index is 8.59. The molecule has 0 atom stereocenters. The predicted octanol–water partition coefficient (Wildman–Crippen LogP) is 2.50. The SMILES string of the molecule is Cc1ccc(-n2cnnc2SCC#N)c(C)c1. The minimum absolute atomic E-state index is 0.379. The first-order chi connectivity index (χ1) is 8.22. The van der Waals surface area contributed by atoms with Crippen molar-refractivity contribution in [1.29, 1.82) is 5.26 Å². The van der Waals surface area contributed by atoms with Crippen LogP contribution in [-0.4, -0.2) is 20.5 Å². The molecule has 0 saturated heterocycles. The number of rotatable bonds is 3. The lowest BCUT2D eigenvalue weighted by atomic mass is 10.1. The molecule has 1 aromatic carbocycles. The van der Waals surface area contributed by atoms with Gasteiger partial charge in [-0.3, -0.25) is 4.57 Å². The quantitative estimate of drug-likeness (QED) is 0.778. The Hall–Kier alpha value is -1.80. The van der Waals surface area contributed by atoms with E-state index in [0.29, 0.717) is 5.75 Å². The van der Waals surface area contributed by atoms with E-state index in [2.05, 4.69) is 42.2 Å². The number of benzene rings is 1. The number of nitriles is 1. The second-order valence-electron chi connectivity index (χ2n) is 3.72. The summed E-state index contributed by atoms with van der Waals surface area (Å²) in [6, 6.07) is 8.31. The minimum atomic E-state index is 0.379. The van der Waals surface area contributed by atoms with E-state index in [1.54, 1.807) is 6.33 Å². The predicted molar refractivity (Wildman–Crippen MR) is 67.2 cm³/mol. The van der Waals surface area contributed by atoms with Gasteiger partial charge in [-0.05, 0) is 25.5 Å². The number of hydrogen-bond donors (Lipinski definition) is 0. The van der Waals surface area contributed by atoms with Gasteiger partial charge >= 0.3 is 0 Å². The van der Waals surface area contributed by atoms with Crippen LogP contribution >= 0.6 is 11.8 Å². The molecule has 0 unspecified atom stereocenters. The Labute approximate surface area is 104 Å². The van der Waals surface area contributed by atoms with Gasteiger partial charge in [-0.15, -0.1) is 10.2 Å². The lowest BCUT2D eigenvalue weighted by Crippen LogP contribution is -1.98. The van der Waals surface area contributed by atoms with E-state index in [-0.39, 0.29) is 0 Å². The number of nitrogens with zero attached hydrogens (tertiary/aromatic N) is 4. The van der Waals surface area contributed by atoms with Crippen molar-refractivity contribution in [3.05, 3.63) is 35.7 Å². The monoisotopic (exact) mass is 244 g/mol. The van der Waals surface area contributed by atoms with Gasteiger partial charge in [-0.1, -0.05) is 29.5 Å².